The molecule has 0 aliphatic rings. The van der Waals surface area contributed by atoms with Gasteiger partial charge in [0.15, 0.2) is 0 Å². The first-order valence-corrected chi connectivity index (χ1v) is 7.85. The van der Waals surface area contributed by atoms with E-state index < -0.39 is 20.0 Å². The van der Waals surface area contributed by atoms with E-state index >= 15 is 0 Å². The molecule has 0 fully saturated rings. The van der Waals surface area contributed by atoms with E-state index in [0.717, 1.165) is 4.31 Å². The maximum absolute atomic E-state index is 11.3. The predicted octanol–water partition coefficient (Wildman–Crippen LogP) is -0.793. The minimum absolute atomic E-state index is 0.0228. The minimum Gasteiger partial charge on any atom is -0.214 e. The largest absolute Gasteiger partial charge is 0.214 e. The molecular weight excluding hydrogens is 240 g/mol. The van der Waals surface area contributed by atoms with Crippen LogP contribution in [-0.2, 0) is 20.0 Å². The van der Waals surface area contributed by atoms with Crippen molar-refractivity contribution < 1.29 is 16.8 Å². The molecular formula is C7H18N2O4S2. The van der Waals surface area contributed by atoms with Crippen molar-refractivity contribution in [2.24, 2.45) is 0 Å². The fourth-order valence-corrected chi connectivity index (χ4v) is 2.80. The van der Waals surface area contributed by atoms with Crippen molar-refractivity contribution in [3.05, 3.63) is 0 Å². The summed E-state index contributed by atoms with van der Waals surface area (Å²) in [6.45, 7) is 1.67. The molecule has 0 spiro atoms. The van der Waals surface area contributed by atoms with Gasteiger partial charge in [-0.05, 0) is 6.42 Å². The maximum Gasteiger partial charge on any atom is 0.214 e. The predicted molar refractivity (Wildman–Crippen MR) is 59.6 cm³/mol. The Kier molecular flexibility index (Phi) is 5.71. The normalized spacial score (nSPS) is 13.3. The first kappa shape index (κ1) is 14.8. The van der Waals surface area contributed by atoms with Gasteiger partial charge >= 0.3 is 0 Å². The van der Waals surface area contributed by atoms with E-state index in [4.69, 9.17) is 0 Å². The fourth-order valence-electron chi connectivity index (χ4n) is 0.850. The van der Waals surface area contributed by atoms with Crippen LogP contribution in [0.4, 0.5) is 0 Å². The lowest BCUT2D eigenvalue weighted by molar-refractivity contribution is 0.519. The van der Waals surface area contributed by atoms with Gasteiger partial charge in [-0.2, -0.15) is 0 Å². The molecule has 0 saturated heterocycles. The van der Waals surface area contributed by atoms with Crippen molar-refractivity contribution in [2.75, 3.05) is 32.1 Å². The first-order chi connectivity index (χ1) is 6.71. The van der Waals surface area contributed by atoms with Gasteiger partial charge < -0.3 is 0 Å². The Hall–Kier alpha value is -0.180. The summed E-state index contributed by atoms with van der Waals surface area (Å²) < 4.78 is 48.2. The van der Waals surface area contributed by atoms with Gasteiger partial charge in [0.05, 0.1) is 11.5 Å². The molecule has 6 nitrogen and oxygen atoms in total. The van der Waals surface area contributed by atoms with Gasteiger partial charge in [-0.3, -0.25) is 0 Å². The minimum atomic E-state index is -3.33. The van der Waals surface area contributed by atoms with Crippen molar-refractivity contribution in [3.8, 4) is 0 Å². The molecule has 0 aromatic heterocycles. The van der Waals surface area contributed by atoms with E-state index in [9.17, 15) is 16.8 Å². The molecule has 0 radical (unpaired) electrons. The summed E-state index contributed by atoms with van der Waals surface area (Å²) >= 11 is 0. The van der Waals surface area contributed by atoms with Crippen LogP contribution in [0.1, 0.15) is 13.3 Å². The van der Waals surface area contributed by atoms with Crippen LogP contribution in [0.5, 0.6) is 0 Å². The topological polar surface area (TPSA) is 83.5 Å². The third kappa shape index (κ3) is 6.08. The molecule has 1 N–H and O–H groups in total. The van der Waals surface area contributed by atoms with Crippen LogP contribution in [0.3, 0.4) is 0 Å². The van der Waals surface area contributed by atoms with Crippen molar-refractivity contribution in [1.82, 2.24) is 9.03 Å². The van der Waals surface area contributed by atoms with E-state index in [1.807, 2.05) is 0 Å². The zero-order valence-corrected chi connectivity index (χ0v) is 10.9. The Bertz CT molecular complexity index is 372. The standard InChI is InChI=1S/C7H18N2O4S2/c1-4-6-14(10,11)8-5-7-15(12,13)9(2)3/h8H,4-7H2,1-3H3. The summed E-state index contributed by atoms with van der Waals surface area (Å²) in [7, 11) is -3.82. The van der Waals surface area contributed by atoms with E-state index in [1.54, 1.807) is 6.92 Å². The Balaban J connectivity index is 4.12. The van der Waals surface area contributed by atoms with E-state index in [2.05, 4.69) is 4.72 Å². The van der Waals surface area contributed by atoms with Crippen molar-refractivity contribution in [2.45, 2.75) is 13.3 Å². The number of nitrogens with zero attached hydrogens (tertiary/aromatic N) is 1. The van der Waals surface area contributed by atoms with Gasteiger partial charge in [-0.15, -0.1) is 0 Å². The van der Waals surface area contributed by atoms with Crippen LogP contribution in [0, 0.1) is 0 Å². The van der Waals surface area contributed by atoms with Gasteiger partial charge in [-0.1, -0.05) is 6.92 Å². The zero-order valence-electron chi connectivity index (χ0n) is 9.23. The lowest BCUT2D eigenvalue weighted by atomic mass is 10.6. The van der Waals surface area contributed by atoms with Crippen LogP contribution in [0.2, 0.25) is 0 Å². The summed E-state index contributed by atoms with van der Waals surface area (Å²) in [6, 6.07) is 0. The van der Waals surface area contributed by atoms with Gasteiger partial charge in [-0.25, -0.2) is 25.9 Å². The molecule has 92 valence electrons. The second kappa shape index (κ2) is 5.78. The molecule has 0 aromatic carbocycles. The van der Waals surface area contributed by atoms with Gasteiger partial charge in [0, 0.05) is 20.6 Å². The third-order valence-electron chi connectivity index (χ3n) is 1.71. The molecule has 0 unspecified atom stereocenters. The summed E-state index contributed by atoms with van der Waals surface area (Å²) in [5.74, 6) is -0.196. The molecule has 8 heteroatoms. The maximum atomic E-state index is 11.3. The highest BCUT2D eigenvalue weighted by molar-refractivity contribution is 7.90. The lowest BCUT2D eigenvalue weighted by Crippen LogP contribution is -2.34. The molecule has 0 atom stereocenters. The van der Waals surface area contributed by atoms with Crippen LogP contribution in [-0.4, -0.2) is 53.3 Å². The van der Waals surface area contributed by atoms with Crippen molar-refractivity contribution in [1.29, 1.82) is 0 Å². The average Bonchev–Trinajstić information content (AvgIpc) is 2.02. The highest BCUT2D eigenvalue weighted by atomic mass is 32.2. The van der Waals surface area contributed by atoms with Gasteiger partial charge in [0.2, 0.25) is 20.0 Å². The first-order valence-electron chi connectivity index (χ1n) is 4.59. The summed E-state index contributed by atoms with van der Waals surface area (Å²) in [5.41, 5.74) is 0. The molecule has 0 aliphatic heterocycles. The van der Waals surface area contributed by atoms with Crippen molar-refractivity contribution in [3.63, 3.8) is 0 Å². The number of hydrogen-bond acceptors (Lipinski definition) is 4. The third-order valence-corrected chi connectivity index (χ3v) is 5.13. The Morgan fingerprint density at radius 2 is 1.60 bits per heavy atom. The van der Waals surface area contributed by atoms with Crippen molar-refractivity contribution >= 4 is 20.0 Å². The number of rotatable bonds is 7. The summed E-state index contributed by atoms with van der Waals surface area (Å²) in [5, 5.41) is 0. The number of hydrogen-bond donors (Lipinski definition) is 1. The van der Waals surface area contributed by atoms with E-state index in [1.165, 1.54) is 14.1 Å². The molecule has 0 bridgehead atoms. The molecule has 0 amide bonds. The van der Waals surface area contributed by atoms with Gasteiger partial charge in [0.25, 0.3) is 0 Å². The Morgan fingerprint density at radius 3 is 2.00 bits per heavy atom. The molecule has 0 rings (SSSR count). The molecule has 0 aliphatic carbocycles. The second-order valence-electron chi connectivity index (χ2n) is 3.31. The van der Waals surface area contributed by atoms with Crippen LogP contribution < -0.4 is 4.72 Å². The van der Waals surface area contributed by atoms with E-state index in [-0.39, 0.29) is 18.1 Å². The lowest BCUT2D eigenvalue weighted by Gasteiger charge is -2.11. The zero-order chi connectivity index (χ0) is 12.1. The second-order valence-corrected chi connectivity index (χ2v) is 7.54. The van der Waals surface area contributed by atoms with Gasteiger partial charge in [0.1, 0.15) is 0 Å². The smallest absolute Gasteiger partial charge is 0.214 e. The quantitative estimate of drug-likeness (QED) is 0.648. The number of sulfonamides is 2. The number of nitrogens with one attached hydrogen (secondary N) is 1. The SMILES string of the molecule is CCCS(=O)(=O)NCCS(=O)(=O)N(C)C. The highest BCUT2D eigenvalue weighted by Gasteiger charge is 2.15. The fraction of sp³-hybridized carbons (Fsp3) is 1.00. The monoisotopic (exact) mass is 258 g/mol. The molecule has 0 saturated carbocycles. The van der Waals surface area contributed by atoms with E-state index in [0.29, 0.717) is 6.42 Å². The molecule has 0 aromatic rings. The van der Waals surface area contributed by atoms with Crippen LogP contribution in [0.15, 0.2) is 0 Å². The Labute approximate surface area is 91.8 Å². The summed E-state index contributed by atoms with van der Waals surface area (Å²) in [4.78, 5) is 0. The summed E-state index contributed by atoms with van der Waals surface area (Å²) in [6.07, 6.45) is 0.510. The molecule has 15 heavy (non-hydrogen) atoms. The Morgan fingerprint density at radius 1 is 1.07 bits per heavy atom. The average molecular weight is 258 g/mol. The van der Waals surface area contributed by atoms with Crippen LogP contribution in [0.25, 0.3) is 0 Å². The molecule has 0 heterocycles. The highest BCUT2D eigenvalue weighted by Crippen LogP contribution is 1.94. The van der Waals surface area contributed by atoms with Crippen LogP contribution >= 0.6 is 0 Å².